The minimum absolute atomic E-state index is 0. The van der Waals surface area contributed by atoms with Crippen LogP contribution in [0.15, 0.2) is 18.2 Å². The molecule has 0 spiro atoms. The van der Waals surface area contributed by atoms with Crippen molar-refractivity contribution in [3.8, 4) is 11.5 Å². The van der Waals surface area contributed by atoms with Crippen molar-refractivity contribution in [2.75, 3.05) is 33.4 Å². The molecule has 1 atom stereocenters. The molecular formula is C19H33ClN2O2. The normalized spacial score (nSPS) is 18.3. The molecule has 138 valence electrons. The molecule has 0 aromatic heterocycles. The maximum atomic E-state index is 5.88. The molecule has 1 fully saturated rings. The number of likely N-dealkylation sites (tertiary alicyclic amines) is 1. The molecule has 1 aliphatic rings. The zero-order valence-electron chi connectivity index (χ0n) is 15.5. The van der Waals surface area contributed by atoms with Crippen LogP contribution in [-0.4, -0.2) is 44.3 Å². The lowest BCUT2D eigenvalue weighted by molar-refractivity contribution is 0.187. The molecule has 1 aromatic carbocycles. The van der Waals surface area contributed by atoms with E-state index in [1.165, 1.54) is 24.9 Å². The molecule has 1 aromatic rings. The minimum atomic E-state index is 0. The van der Waals surface area contributed by atoms with E-state index < -0.39 is 0 Å². The molecule has 0 aliphatic carbocycles. The van der Waals surface area contributed by atoms with Crippen LogP contribution in [0.3, 0.4) is 0 Å². The Hall–Kier alpha value is -0.970. The number of benzene rings is 1. The predicted molar refractivity (Wildman–Crippen MR) is 103 cm³/mol. The zero-order valence-corrected chi connectivity index (χ0v) is 16.3. The molecule has 1 unspecified atom stereocenters. The molecule has 5 heteroatoms. The van der Waals surface area contributed by atoms with Gasteiger partial charge < -0.3 is 14.8 Å². The summed E-state index contributed by atoms with van der Waals surface area (Å²) in [5, 5.41) is 3.40. The first kappa shape index (κ1) is 21.1. The fourth-order valence-electron chi connectivity index (χ4n) is 2.99. The number of nitrogens with one attached hydrogen (secondary N) is 1. The van der Waals surface area contributed by atoms with Crippen molar-refractivity contribution >= 4 is 12.4 Å². The summed E-state index contributed by atoms with van der Waals surface area (Å²) in [7, 11) is 2.06. The summed E-state index contributed by atoms with van der Waals surface area (Å²) in [6, 6.07) is 6.98. The van der Waals surface area contributed by atoms with Gasteiger partial charge in [-0.05, 0) is 57.0 Å². The third kappa shape index (κ3) is 6.50. The molecule has 0 saturated carbocycles. The maximum absolute atomic E-state index is 5.88. The number of ether oxygens (including phenoxy) is 2. The van der Waals surface area contributed by atoms with E-state index in [-0.39, 0.29) is 12.4 Å². The van der Waals surface area contributed by atoms with E-state index in [2.05, 4.69) is 49.3 Å². The molecule has 0 radical (unpaired) electrons. The molecule has 1 N–H and O–H groups in total. The monoisotopic (exact) mass is 356 g/mol. The maximum Gasteiger partial charge on any atom is 0.161 e. The van der Waals surface area contributed by atoms with Crippen LogP contribution in [0.1, 0.15) is 39.2 Å². The number of rotatable bonds is 8. The SMILES string of the molecule is CCOc1cc(CN2CCCC(NC)C2)ccc1OCC(C)C.Cl. The Bertz CT molecular complexity index is 482. The van der Waals surface area contributed by atoms with Crippen LogP contribution < -0.4 is 14.8 Å². The summed E-state index contributed by atoms with van der Waals surface area (Å²) < 4.78 is 11.7. The third-order valence-corrected chi connectivity index (χ3v) is 4.20. The van der Waals surface area contributed by atoms with Gasteiger partial charge in [-0.15, -0.1) is 12.4 Å². The van der Waals surface area contributed by atoms with Crippen molar-refractivity contribution in [3.63, 3.8) is 0 Å². The van der Waals surface area contributed by atoms with E-state index in [0.717, 1.165) is 31.2 Å². The summed E-state index contributed by atoms with van der Waals surface area (Å²) in [5.41, 5.74) is 1.29. The number of hydrogen-bond donors (Lipinski definition) is 1. The largest absolute Gasteiger partial charge is 0.490 e. The van der Waals surface area contributed by atoms with Crippen LogP contribution in [0.5, 0.6) is 11.5 Å². The Morgan fingerprint density at radius 3 is 2.71 bits per heavy atom. The van der Waals surface area contributed by atoms with Crippen LogP contribution >= 0.6 is 12.4 Å². The summed E-state index contributed by atoms with van der Waals surface area (Å²) in [6.45, 7) is 11.0. The van der Waals surface area contributed by atoms with Gasteiger partial charge in [0.2, 0.25) is 0 Å². The van der Waals surface area contributed by atoms with Gasteiger partial charge in [0.25, 0.3) is 0 Å². The predicted octanol–water partition coefficient (Wildman–Crippen LogP) is 3.73. The van der Waals surface area contributed by atoms with Crippen LogP contribution in [0.2, 0.25) is 0 Å². The van der Waals surface area contributed by atoms with E-state index in [9.17, 15) is 0 Å². The summed E-state index contributed by atoms with van der Waals surface area (Å²) in [5.74, 6) is 2.24. The number of hydrogen-bond acceptors (Lipinski definition) is 4. The fourth-order valence-corrected chi connectivity index (χ4v) is 2.99. The lowest BCUT2D eigenvalue weighted by Crippen LogP contribution is -2.43. The molecule has 1 saturated heterocycles. The van der Waals surface area contributed by atoms with Crippen molar-refractivity contribution in [3.05, 3.63) is 23.8 Å². The highest BCUT2D eigenvalue weighted by atomic mass is 35.5. The molecule has 0 bridgehead atoms. The van der Waals surface area contributed by atoms with E-state index in [1.54, 1.807) is 0 Å². The van der Waals surface area contributed by atoms with Gasteiger partial charge in [0.1, 0.15) is 0 Å². The molecule has 1 heterocycles. The van der Waals surface area contributed by atoms with Crippen LogP contribution in [0.25, 0.3) is 0 Å². The highest BCUT2D eigenvalue weighted by Gasteiger charge is 2.19. The van der Waals surface area contributed by atoms with Gasteiger partial charge in [0.15, 0.2) is 11.5 Å². The highest BCUT2D eigenvalue weighted by molar-refractivity contribution is 5.85. The van der Waals surface area contributed by atoms with Crippen molar-refractivity contribution in [2.24, 2.45) is 5.92 Å². The second-order valence-corrected chi connectivity index (χ2v) is 6.78. The Balaban J connectivity index is 0.00000288. The van der Waals surface area contributed by atoms with Gasteiger partial charge in [0, 0.05) is 19.1 Å². The number of halogens is 1. The van der Waals surface area contributed by atoms with Gasteiger partial charge in [-0.3, -0.25) is 4.90 Å². The van der Waals surface area contributed by atoms with Crippen molar-refractivity contribution in [1.29, 1.82) is 0 Å². The van der Waals surface area contributed by atoms with Crippen LogP contribution in [0.4, 0.5) is 0 Å². The highest BCUT2D eigenvalue weighted by Crippen LogP contribution is 2.29. The Labute approximate surface area is 153 Å². The van der Waals surface area contributed by atoms with Crippen LogP contribution in [-0.2, 0) is 6.54 Å². The second-order valence-electron chi connectivity index (χ2n) is 6.78. The average molecular weight is 357 g/mol. The van der Waals surface area contributed by atoms with Gasteiger partial charge in [-0.25, -0.2) is 0 Å². The molecule has 2 rings (SSSR count). The van der Waals surface area contributed by atoms with Gasteiger partial charge in [0.05, 0.1) is 13.2 Å². The van der Waals surface area contributed by atoms with Crippen molar-refractivity contribution in [1.82, 2.24) is 10.2 Å². The Morgan fingerprint density at radius 2 is 2.04 bits per heavy atom. The van der Waals surface area contributed by atoms with Gasteiger partial charge >= 0.3 is 0 Å². The molecular weight excluding hydrogens is 324 g/mol. The molecule has 0 amide bonds. The smallest absolute Gasteiger partial charge is 0.161 e. The quantitative estimate of drug-likeness (QED) is 0.769. The molecule has 1 aliphatic heterocycles. The lowest BCUT2D eigenvalue weighted by atomic mass is 10.0. The Morgan fingerprint density at radius 1 is 1.25 bits per heavy atom. The van der Waals surface area contributed by atoms with E-state index in [1.807, 2.05) is 6.92 Å². The standard InChI is InChI=1S/C19H32N2O2.ClH/c1-5-22-19-11-16(8-9-18(19)23-14-15(2)3)12-21-10-6-7-17(13-21)20-4;/h8-9,11,15,17,20H,5-7,10,12-14H2,1-4H3;1H. The minimum Gasteiger partial charge on any atom is -0.490 e. The van der Waals surface area contributed by atoms with Crippen LogP contribution in [0, 0.1) is 5.92 Å². The fraction of sp³-hybridized carbons (Fsp3) is 0.684. The molecule has 4 nitrogen and oxygen atoms in total. The van der Waals surface area contributed by atoms with Gasteiger partial charge in [-0.1, -0.05) is 19.9 Å². The van der Waals surface area contributed by atoms with Crippen molar-refractivity contribution in [2.45, 2.75) is 46.2 Å². The summed E-state index contributed by atoms with van der Waals surface area (Å²) in [4.78, 5) is 2.52. The van der Waals surface area contributed by atoms with E-state index in [0.29, 0.717) is 18.6 Å². The number of piperidine rings is 1. The van der Waals surface area contributed by atoms with E-state index >= 15 is 0 Å². The number of likely N-dealkylation sites (N-methyl/N-ethyl adjacent to an activating group) is 1. The van der Waals surface area contributed by atoms with Crippen molar-refractivity contribution < 1.29 is 9.47 Å². The topological polar surface area (TPSA) is 33.7 Å². The zero-order chi connectivity index (χ0) is 16.7. The Kier molecular flexibility index (Phi) is 9.49. The first-order valence-electron chi connectivity index (χ1n) is 8.90. The average Bonchev–Trinajstić information content (AvgIpc) is 2.54. The summed E-state index contributed by atoms with van der Waals surface area (Å²) in [6.07, 6.45) is 2.54. The summed E-state index contributed by atoms with van der Waals surface area (Å²) >= 11 is 0. The number of nitrogens with zero attached hydrogens (tertiary/aromatic N) is 1. The first-order chi connectivity index (χ1) is 11.1. The van der Waals surface area contributed by atoms with Gasteiger partial charge in [-0.2, -0.15) is 0 Å². The first-order valence-corrected chi connectivity index (χ1v) is 8.90. The third-order valence-electron chi connectivity index (χ3n) is 4.20. The molecule has 24 heavy (non-hydrogen) atoms. The second kappa shape index (κ2) is 10.8. The lowest BCUT2D eigenvalue weighted by Gasteiger charge is -2.32. The van der Waals surface area contributed by atoms with E-state index in [4.69, 9.17) is 9.47 Å².